The fraction of sp³-hybridized carbons (Fsp3) is 0.0667. The van der Waals surface area contributed by atoms with Crippen molar-refractivity contribution in [2.75, 3.05) is 16.9 Å². The molecule has 2 amide bonds. The molecule has 9 heteroatoms. The van der Waals surface area contributed by atoms with Gasteiger partial charge in [-0.25, -0.2) is 22.6 Å². The van der Waals surface area contributed by atoms with Crippen molar-refractivity contribution in [2.24, 2.45) is 0 Å². The Kier molecular flexibility index (Phi) is 4.20. The lowest BCUT2D eigenvalue weighted by Gasteiger charge is -2.04. The molecular weight excluding hydrogens is 353 g/mol. The largest absolute Gasteiger partial charge is 0.325 e. The summed E-state index contributed by atoms with van der Waals surface area (Å²) in [7, 11) is -3.30. The molecule has 2 N–H and O–H groups in total. The molecule has 3 aromatic rings. The highest BCUT2D eigenvalue weighted by Crippen LogP contribution is 2.28. The average molecular weight is 365 g/mol. The monoisotopic (exact) mass is 365 g/mol. The van der Waals surface area contributed by atoms with Gasteiger partial charge in [-0.15, -0.1) is 0 Å². The van der Waals surface area contributed by atoms with E-state index in [2.05, 4.69) is 15.6 Å². The van der Waals surface area contributed by atoms with Crippen molar-refractivity contribution in [1.29, 1.82) is 0 Å². The summed E-state index contributed by atoms with van der Waals surface area (Å²) in [5.41, 5.74) is 1.03. The smallest absolute Gasteiger partial charge is 0.308 e. The molecule has 124 valence electrons. The van der Waals surface area contributed by atoms with E-state index in [1.165, 1.54) is 36.4 Å². The van der Waals surface area contributed by atoms with Crippen molar-refractivity contribution in [3.8, 4) is 0 Å². The number of fused-ring (bicyclic) bond motifs is 1. The summed E-state index contributed by atoms with van der Waals surface area (Å²) in [6.07, 6.45) is 1.13. The molecule has 24 heavy (non-hydrogen) atoms. The van der Waals surface area contributed by atoms with Gasteiger partial charge in [-0.3, -0.25) is 5.32 Å². The number of urea groups is 1. The highest BCUT2D eigenvalue weighted by molar-refractivity contribution is 7.90. The molecule has 0 saturated carbocycles. The van der Waals surface area contributed by atoms with Crippen LogP contribution in [-0.4, -0.2) is 25.7 Å². The second kappa shape index (κ2) is 6.17. The van der Waals surface area contributed by atoms with Crippen molar-refractivity contribution in [2.45, 2.75) is 4.90 Å². The van der Waals surface area contributed by atoms with E-state index in [4.69, 9.17) is 0 Å². The number of carbonyl (C=O) groups is 1. The number of aromatic nitrogens is 1. The molecule has 0 atom stereocenters. The van der Waals surface area contributed by atoms with Gasteiger partial charge >= 0.3 is 6.03 Å². The molecule has 3 rings (SSSR count). The number of nitrogens with one attached hydrogen (secondary N) is 2. The van der Waals surface area contributed by atoms with Gasteiger partial charge in [-0.2, -0.15) is 0 Å². The lowest BCUT2D eigenvalue weighted by Crippen LogP contribution is -2.19. The number of hydrogen-bond donors (Lipinski definition) is 2. The first-order valence-electron chi connectivity index (χ1n) is 6.75. The number of sulfone groups is 1. The van der Waals surface area contributed by atoms with Crippen LogP contribution in [0.15, 0.2) is 47.4 Å². The summed E-state index contributed by atoms with van der Waals surface area (Å²) in [6.45, 7) is 0. The van der Waals surface area contributed by atoms with Crippen LogP contribution in [0.1, 0.15) is 0 Å². The van der Waals surface area contributed by atoms with Crippen LogP contribution >= 0.6 is 11.3 Å². The van der Waals surface area contributed by atoms with E-state index in [9.17, 15) is 17.6 Å². The van der Waals surface area contributed by atoms with Crippen molar-refractivity contribution in [3.63, 3.8) is 0 Å². The number of benzene rings is 2. The van der Waals surface area contributed by atoms with Crippen LogP contribution in [0.5, 0.6) is 0 Å². The van der Waals surface area contributed by atoms with Crippen LogP contribution in [0.25, 0.3) is 10.2 Å². The summed E-state index contributed by atoms with van der Waals surface area (Å²) < 4.78 is 36.6. The Balaban J connectivity index is 1.77. The second-order valence-electron chi connectivity index (χ2n) is 5.01. The summed E-state index contributed by atoms with van der Waals surface area (Å²) in [4.78, 5) is 16.3. The number of thiazole rings is 1. The van der Waals surface area contributed by atoms with Crippen molar-refractivity contribution in [1.82, 2.24) is 4.98 Å². The first-order chi connectivity index (χ1) is 11.3. The maximum absolute atomic E-state index is 12.8. The van der Waals surface area contributed by atoms with Crippen LogP contribution in [0.3, 0.4) is 0 Å². The number of carbonyl (C=O) groups excluding carboxylic acids is 1. The van der Waals surface area contributed by atoms with Gasteiger partial charge in [0, 0.05) is 11.9 Å². The minimum Gasteiger partial charge on any atom is -0.308 e. The second-order valence-corrected chi connectivity index (χ2v) is 8.05. The molecule has 1 heterocycles. The molecule has 0 unspecified atom stereocenters. The van der Waals surface area contributed by atoms with E-state index in [0.717, 1.165) is 17.6 Å². The molecule has 6 nitrogen and oxygen atoms in total. The topological polar surface area (TPSA) is 88.2 Å². The Morgan fingerprint density at radius 3 is 2.50 bits per heavy atom. The van der Waals surface area contributed by atoms with E-state index in [1.54, 1.807) is 6.07 Å². The van der Waals surface area contributed by atoms with Gasteiger partial charge in [-0.05, 0) is 42.5 Å². The van der Waals surface area contributed by atoms with Crippen LogP contribution in [0.4, 0.5) is 20.0 Å². The Morgan fingerprint density at radius 2 is 1.83 bits per heavy atom. The van der Waals surface area contributed by atoms with Crippen LogP contribution in [0.2, 0.25) is 0 Å². The summed E-state index contributed by atoms with van der Waals surface area (Å²) >= 11 is 1.16. The third-order valence-electron chi connectivity index (χ3n) is 3.11. The minimum absolute atomic E-state index is 0.195. The van der Waals surface area contributed by atoms with Gasteiger partial charge in [0.2, 0.25) is 0 Å². The zero-order valence-electron chi connectivity index (χ0n) is 12.4. The molecule has 0 radical (unpaired) electrons. The molecule has 1 aromatic heterocycles. The van der Waals surface area contributed by atoms with E-state index < -0.39 is 21.7 Å². The van der Waals surface area contributed by atoms with Crippen molar-refractivity contribution in [3.05, 3.63) is 48.3 Å². The van der Waals surface area contributed by atoms with Gasteiger partial charge in [0.25, 0.3) is 0 Å². The van der Waals surface area contributed by atoms with Gasteiger partial charge in [0.15, 0.2) is 15.0 Å². The minimum atomic E-state index is -3.30. The summed E-state index contributed by atoms with van der Waals surface area (Å²) in [6, 6.07) is 9.40. The number of nitrogens with zero attached hydrogens (tertiary/aromatic N) is 1. The molecule has 0 fully saturated rings. The molecule has 0 bridgehead atoms. The number of hydrogen-bond acceptors (Lipinski definition) is 5. The maximum Gasteiger partial charge on any atom is 0.325 e. The third-order valence-corrected chi connectivity index (χ3v) is 5.15. The van der Waals surface area contributed by atoms with Gasteiger partial charge in [-0.1, -0.05) is 11.3 Å². The van der Waals surface area contributed by atoms with Crippen LogP contribution in [-0.2, 0) is 9.84 Å². The molecule has 0 aliphatic rings. The van der Waals surface area contributed by atoms with E-state index >= 15 is 0 Å². The zero-order valence-corrected chi connectivity index (χ0v) is 14.0. The summed E-state index contributed by atoms with van der Waals surface area (Å²) in [5, 5.41) is 5.45. The van der Waals surface area contributed by atoms with E-state index in [0.29, 0.717) is 21.0 Å². The maximum atomic E-state index is 12.8. The predicted molar refractivity (Wildman–Crippen MR) is 91.8 cm³/mol. The fourth-order valence-corrected chi connectivity index (χ4v) is 3.60. The lowest BCUT2D eigenvalue weighted by molar-refractivity contribution is 0.262. The molecular formula is C15H12FN3O3S2. The third kappa shape index (κ3) is 3.69. The zero-order chi connectivity index (χ0) is 17.3. The number of anilines is 2. The normalized spacial score (nSPS) is 11.4. The molecule has 0 aliphatic heterocycles. The molecule has 0 spiro atoms. The Labute approximate surface area is 141 Å². The van der Waals surface area contributed by atoms with Crippen LogP contribution < -0.4 is 10.6 Å². The highest BCUT2D eigenvalue weighted by atomic mass is 32.2. The Hall–Kier alpha value is -2.52. The molecule has 2 aromatic carbocycles. The number of halogens is 1. The molecule has 0 saturated heterocycles. The van der Waals surface area contributed by atoms with Crippen molar-refractivity contribution >= 4 is 48.2 Å². The van der Waals surface area contributed by atoms with Gasteiger partial charge in [0.1, 0.15) is 5.82 Å². The van der Waals surface area contributed by atoms with Crippen LogP contribution in [0, 0.1) is 5.82 Å². The first kappa shape index (κ1) is 16.3. The quantitative estimate of drug-likeness (QED) is 0.744. The molecule has 0 aliphatic carbocycles. The Morgan fingerprint density at radius 1 is 1.12 bits per heavy atom. The van der Waals surface area contributed by atoms with E-state index in [1.807, 2.05) is 0 Å². The number of amides is 2. The van der Waals surface area contributed by atoms with Gasteiger partial charge < -0.3 is 5.32 Å². The standard InChI is InChI=1S/C15H12FN3O3S2/c1-24(21,22)11-6-7-12-13(8-11)23-15(18-12)19-14(20)17-10-4-2-9(16)3-5-10/h2-8H,1H3,(H2,17,18,19,20). The summed E-state index contributed by atoms with van der Waals surface area (Å²) in [5.74, 6) is -0.395. The predicted octanol–water partition coefficient (Wildman–Crippen LogP) is 3.48. The SMILES string of the molecule is CS(=O)(=O)c1ccc2nc(NC(=O)Nc3ccc(F)cc3)sc2c1. The highest BCUT2D eigenvalue weighted by Gasteiger charge is 2.12. The average Bonchev–Trinajstić information content (AvgIpc) is 2.89. The number of rotatable bonds is 3. The fourth-order valence-electron chi connectivity index (χ4n) is 1.98. The first-order valence-corrected chi connectivity index (χ1v) is 9.46. The lowest BCUT2D eigenvalue weighted by atomic mass is 10.3. The van der Waals surface area contributed by atoms with E-state index in [-0.39, 0.29) is 4.90 Å². The van der Waals surface area contributed by atoms with Gasteiger partial charge in [0.05, 0.1) is 15.1 Å². The van der Waals surface area contributed by atoms with Crippen molar-refractivity contribution < 1.29 is 17.6 Å². The Bertz CT molecular complexity index is 1010.